The second-order valence-electron chi connectivity index (χ2n) is 6.26. The van der Waals surface area contributed by atoms with Gasteiger partial charge in [0.2, 0.25) is 0 Å². The van der Waals surface area contributed by atoms with Gasteiger partial charge in [-0.25, -0.2) is 0 Å². The van der Waals surface area contributed by atoms with Gasteiger partial charge in [0.1, 0.15) is 6.10 Å². The molecule has 110 valence electrons. The minimum atomic E-state index is -0.299. The summed E-state index contributed by atoms with van der Waals surface area (Å²) in [6.07, 6.45) is 0.0462. The Morgan fingerprint density at radius 2 is 1.80 bits per heavy atom. The van der Waals surface area contributed by atoms with Crippen molar-refractivity contribution >= 4 is 23.2 Å². The van der Waals surface area contributed by atoms with Gasteiger partial charge in [-0.1, -0.05) is 6.07 Å². The smallest absolute Gasteiger partial charge is 0.399 e. The van der Waals surface area contributed by atoms with Crippen LogP contribution in [0.15, 0.2) is 12.1 Å². The van der Waals surface area contributed by atoms with Gasteiger partial charge in [0.05, 0.1) is 31.0 Å². The van der Waals surface area contributed by atoms with Gasteiger partial charge >= 0.3 is 7.12 Å². The van der Waals surface area contributed by atoms with Crippen LogP contribution in [0.25, 0.3) is 0 Å². The third-order valence-electron chi connectivity index (χ3n) is 4.27. The maximum absolute atomic E-state index is 6.07. The summed E-state index contributed by atoms with van der Waals surface area (Å²) in [6.45, 7) is 10.3. The van der Waals surface area contributed by atoms with Gasteiger partial charge in [0.25, 0.3) is 0 Å². The molecule has 3 heterocycles. The molecule has 2 fully saturated rings. The fourth-order valence-corrected chi connectivity index (χ4v) is 3.28. The summed E-state index contributed by atoms with van der Waals surface area (Å²) in [5.74, 6) is 0. The quantitative estimate of drug-likeness (QED) is 0.784. The van der Waals surface area contributed by atoms with Crippen molar-refractivity contribution in [3.05, 3.63) is 17.0 Å². The summed E-state index contributed by atoms with van der Waals surface area (Å²) < 4.78 is 24.4. The minimum Gasteiger partial charge on any atom is -0.399 e. The van der Waals surface area contributed by atoms with Crippen LogP contribution in [0.5, 0.6) is 0 Å². The monoisotopic (exact) mass is 296 g/mol. The van der Waals surface area contributed by atoms with E-state index in [9.17, 15) is 0 Å². The molecule has 0 N–H and O–H groups in total. The normalized spacial score (nSPS) is 28.8. The van der Waals surface area contributed by atoms with Crippen LogP contribution in [0.3, 0.4) is 0 Å². The highest BCUT2D eigenvalue weighted by molar-refractivity contribution is 7.22. The van der Waals surface area contributed by atoms with Crippen molar-refractivity contribution in [2.45, 2.75) is 45.0 Å². The van der Waals surface area contributed by atoms with E-state index in [1.165, 1.54) is 4.88 Å². The Morgan fingerprint density at radius 3 is 2.40 bits per heavy atom. The fourth-order valence-electron chi connectivity index (χ4n) is 2.28. The lowest BCUT2D eigenvalue weighted by Crippen LogP contribution is -2.41. The van der Waals surface area contributed by atoms with Gasteiger partial charge in [-0.05, 0) is 33.8 Å². The molecule has 0 bridgehead atoms. The number of hydrogen-bond acceptors (Lipinski definition) is 5. The Kier molecular flexibility index (Phi) is 3.71. The average Bonchev–Trinajstić information content (AvgIpc) is 2.94. The molecule has 0 aromatic carbocycles. The summed E-state index contributed by atoms with van der Waals surface area (Å²) in [4.78, 5) is 1.18. The van der Waals surface area contributed by atoms with Crippen molar-refractivity contribution in [2.24, 2.45) is 0 Å². The number of thiophene rings is 1. The average molecular weight is 296 g/mol. The first-order valence-electron chi connectivity index (χ1n) is 7.04. The third-order valence-corrected chi connectivity index (χ3v) is 5.47. The molecule has 2 saturated heterocycles. The second kappa shape index (κ2) is 5.11. The molecule has 0 amide bonds. The summed E-state index contributed by atoms with van der Waals surface area (Å²) in [7, 11) is -0.289. The van der Waals surface area contributed by atoms with Gasteiger partial charge in [-0.3, -0.25) is 0 Å². The topological polar surface area (TPSA) is 36.9 Å². The summed E-state index contributed by atoms with van der Waals surface area (Å²) in [5, 5.41) is 0. The third kappa shape index (κ3) is 2.55. The number of ether oxygens (including phenoxy) is 2. The van der Waals surface area contributed by atoms with Crippen molar-refractivity contribution in [3.63, 3.8) is 0 Å². The summed E-state index contributed by atoms with van der Waals surface area (Å²) in [6, 6.07) is 4.16. The molecule has 2 aliphatic rings. The number of rotatable bonds is 2. The van der Waals surface area contributed by atoms with E-state index in [-0.39, 0.29) is 24.4 Å². The molecule has 0 radical (unpaired) electrons. The minimum absolute atomic E-state index is 0.0462. The zero-order chi connectivity index (χ0) is 14.4. The molecule has 2 aliphatic heterocycles. The Bertz CT molecular complexity index is 463. The molecular formula is C14H21BO4S. The number of hydrogen-bond donors (Lipinski definition) is 0. The molecule has 20 heavy (non-hydrogen) atoms. The molecule has 0 aliphatic carbocycles. The molecule has 1 unspecified atom stereocenters. The molecule has 6 heteroatoms. The molecule has 0 saturated carbocycles. The van der Waals surface area contributed by atoms with E-state index in [2.05, 4.69) is 39.8 Å². The zero-order valence-corrected chi connectivity index (χ0v) is 13.3. The van der Waals surface area contributed by atoms with E-state index in [0.717, 1.165) is 4.78 Å². The molecule has 1 atom stereocenters. The molecular weight excluding hydrogens is 275 g/mol. The Morgan fingerprint density at radius 1 is 1.10 bits per heavy atom. The zero-order valence-electron chi connectivity index (χ0n) is 12.5. The van der Waals surface area contributed by atoms with Crippen LogP contribution in [-0.2, 0) is 18.8 Å². The summed E-state index contributed by atoms with van der Waals surface area (Å²) in [5.41, 5.74) is -0.599. The summed E-state index contributed by atoms with van der Waals surface area (Å²) >= 11 is 1.68. The standard InChI is InChI=1S/C14H21BO4S/c1-13(2)14(3,4)19-15(18-13)12-6-5-11(20-12)10-9-16-7-8-17-10/h5-6,10H,7-9H2,1-4H3. The van der Waals surface area contributed by atoms with Crippen molar-refractivity contribution in [3.8, 4) is 0 Å². The van der Waals surface area contributed by atoms with E-state index in [0.29, 0.717) is 19.8 Å². The van der Waals surface area contributed by atoms with E-state index in [1.807, 2.05) is 0 Å². The first kappa shape index (κ1) is 14.5. The van der Waals surface area contributed by atoms with E-state index < -0.39 is 0 Å². The van der Waals surface area contributed by atoms with E-state index in [1.54, 1.807) is 11.3 Å². The molecule has 3 rings (SSSR count). The van der Waals surface area contributed by atoms with Crippen LogP contribution < -0.4 is 4.78 Å². The maximum Gasteiger partial charge on any atom is 0.505 e. The lowest BCUT2D eigenvalue weighted by Gasteiger charge is -2.32. The van der Waals surface area contributed by atoms with Crippen molar-refractivity contribution in [2.75, 3.05) is 19.8 Å². The Balaban J connectivity index is 1.74. The fraction of sp³-hybridized carbons (Fsp3) is 0.714. The maximum atomic E-state index is 6.07. The lowest BCUT2D eigenvalue weighted by atomic mass is 9.88. The van der Waals surface area contributed by atoms with Crippen LogP contribution in [0.1, 0.15) is 38.7 Å². The van der Waals surface area contributed by atoms with Gasteiger partial charge < -0.3 is 18.8 Å². The van der Waals surface area contributed by atoms with Gasteiger partial charge in [-0.15, -0.1) is 11.3 Å². The van der Waals surface area contributed by atoms with Crippen molar-refractivity contribution < 1.29 is 18.8 Å². The van der Waals surface area contributed by atoms with Crippen molar-refractivity contribution in [1.82, 2.24) is 0 Å². The first-order chi connectivity index (χ1) is 9.39. The van der Waals surface area contributed by atoms with Crippen LogP contribution in [0, 0.1) is 0 Å². The predicted octanol–water partition coefficient (Wildman–Crippen LogP) is 2.14. The Labute approximate surface area is 124 Å². The van der Waals surface area contributed by atoms with Crippen LogP contribution in [-0.4, -0.2) is 38.1 Å². The van der Waals surface area contributed by atoms with Crippen molar-refractivity contribution in [1.29, 1.82) is 0 Å². The van der Waals surface area contributed by atoms with Gasteiger partial charge in [-0.2, -0.15) is 0 Å². The first-order valence-corrected chi connectivity index (χ1v) is 7.85. The molecule has 0 spiro atoms. The Hall–Kier alpha value is -0.395. The van der Waals surface area contributed by atoms with Crippen LogP contribution >= 0.6 is 11.3 Å². The largest absolute Gasteiger partial charge is 0.505 e. The van der Waals surface area contributed by atoms with E-state index >= 15 is 0 Å². The van der Waals surface area contributed by atoms with Crippen LogP contribution in [0.4, 0.5) is 0 Å². The predicted molar refractivity (Wildman–Crippen MR) is 79.5 cm³/mol. The highest BCUT2D eigenvalue weighted by Gasteiger charge is 2.52. The van der Waals surface area contributed by atoms with Gasteiger partial charge in [0, 0.05) is 9.65 Å². The highest BCUT2D eigenvalue weighted by Crippen LogP contribution is 2.37. The second-order valence-corrected chi connectivity index (χ2v) is 7.41. The van der Waals surface area contributed by atoms with E-state index in [4.69, 9.17) is 18.8 Å². The van der Waals surface area contributed by atoms with Gasteiger partial charge in [0.15, 0.2) is 0 Å². The highest BCUT2D eigenvalue weighted by atomic mass is 32.1. The molecule has 1 aromatic heterocycles. The van der Waals surface area contributed by atoms with Crippen LogP contribution in [0.2, 0.25) is 0 Å². The SMILES string of the molecule is CC1(C)OB(c2ccc(C3COCCO3)s2)OC1(C)C. The lowest BCUT2D eigenvalue weighted by molar-refractivity contribution is -0.0887. The molecule has 1 aromatic rings. The molecule has 4 nitrogen and oxygen atoms in total.